The average molecular weight is 364 g/mol. The Balaban J connectivity index is 2.39. The maximum absolute atomic E-state index is 11.7. The lowest BCUT2D eigenvalue weighted by Gasteiger charge is -2.35. The molecule has 1 aromatic rings. The molecule has 1 heterocycles. The normalized spacial score (nSPS) is 16.2. The van der Waals surface area contributed by atoms with Crippen molar-refractivity contribution in [2.75, 3.05) is 24.7 Å². The van der Waals surface area contributed by atoms with Crippen LogP contribution >= 0.6 is 0 Å². The molecule has 1 aromatic carbocycles. The Bertz CT molecular complexity index is 628. The number of nitro groups is 1. The van der Waals surface area contributed by atoms with E-state index >= 15 is 0 Å². The zero-order chi connectivity index (χ0) is 19.1. The Morgan fingerprint density at radius 1 is 1.38 bits per heavy atom. The Kier molecular flexibility index (Phi) is 7.38. The number of carboxylic acid groups (broad SMARTS) is 1. The van der Waals surface area contributed by atoms with Gasteiger partial charge in [-0.25, -0.2) is 0 Å². The maximum Gasteiger partial charge on any atom is 0.303 e. The number of aliphatic carboxylic acids is 1. The van der Waals surface area contributed by atoms with Crippen LogP contribution in [0, 0.1) is 10.1 Å². The van der Waals surface area contributed by atoms with Gasteiger partial charge in [0.05, 0.1) is 11.3 Å². The van der Waals surface area contributed by atoms with Crippen LogP contribution in [0.3, 0.4) is 0 Å². The van der Waals surface area contributed by atoms with Crippen molar-refractivity contribution in [3.63, 3.8) is 0 Å². The van der Waals surface area contributed by atoms with E-state index in [0.29, 0.717) is 30.9 Å². The van der Waals surface area contributed by atoms with Gasteiger partial charge in [-0.2, -0.15) is 0 Å². The Morgan fingerprint density at radius 3 is 2.62 bits per heavy atom. The van der Waals surface area contributed by atoms with Crippen molar-refractivity contribution in [3.8, 4) is 0 Å². The van der Waals surface area contributed by atoms with Crippen LogP contribution in [0.25, 0.3) is 0 Å². The van der Waals surface area contributed by atoms with Crippen LogP contribution in [0.5, 0.6) is 0 Å². The molecule has 0 aromatic heterocycles. The van der Waals surface area contributed by atoms with E-state index in [2.05, 4.69) is 11.8 Å². The van der Waals surface area contributed by atoms with Crippen molar-refractivity contribution < 1.29 is 19.6 Å². The molecule has 26 heavy (non-hydrogen) atoms. The fraction of sp³-hybridized carbons (Fsp3) is 0.632. The molecule has 7 nitrogen and oxygen atoms in total. The lowest BCUT2D eigenvalue weighted by molar-refractivity contribution is -0.384. The van der Waals surface area contributed by atoms with E-state index in [0.717, 1.165) is 25.8 Å². The third kappa shape index (κ3) is 4.94. The highest BCUT2D eigenvalue weighted by atomic mass is 16.6. The summed E-state index contributed by atoms with van der Waals surface area (Å²) in [6.07, 6.45) is 3.21. The first kappa shape index (κ1) is 20.2. The molecule has 1 fully saturated rings. The van der Waals surface area contributed by atoms with Gasteiger partial charge in [0.1, 0.15) is 5.69 Å². The zero-order valence-corrected chi connectivity index (χ0v) is 15.5. The Morgan fingerprint density at radius 2 is 2.08 bits per heavy atom. The summed E-state index contributed by atoms with van der Waals surface area (Å²) in [6, 6.07) is 5.44. The van der Waals surface area contributed by atoms with Crippen molar-refractivity contribution in [3.05, 3.63) is 33.9 Å². The minimum absolute atomic E-state index is 0.0222. The number of nitrogens with zero attached hydrogens (tertiary/aromatic N) is 2. The molecule has 0 unspecified atom stereocenters. The second-order valence-corrected chi connectivity index (χ2v) is 6.75. The fourth-order valence-corrected chi connectivity index (χ4v) is 3.63. The lowest BCUT2D eigenvalue weighted by atomic mass is 9.92. The van der Waals surface area contributed by atoms with Gasteiger partial charge in [-0.05, 0) is 43.2 Å². The summed E-state index contributed by atoms with van der Waals surface area (Å²) in [5.74, 6) is -1.11. The van der Waals surface area contributed by atoms with Crippen molar-refractivity contribution in [2.45, 2.75) is 57.9 Å². The summed E-state index contributed by atoms with van der Waals surface area (Å²) >= 11 is 0. The van der Waals surface area contributed by atoms with Gasteiger partial charge < -0.3 is 14.7 Å². The van der Waals surface area contributed by atoms with Crippen LogP contribution in [-0.2, 0) is 9.53 Å². The fourth-order valence-electron chi connectivity index (χ4n) is 3.63. The first-order valence-electron chi connectivity index (χ1n) is 9.32. The summed E-state index contributed by atoms with van der Waals surface area (Å²) in [7, 11) is 0. The van der Waals surface area contributed by atoms with Gasteiger partial charge in [0.15, 0.2) is 0 Å². The van der Waals surface area contributed by atoms with Crippen molar-refractivity contribution in [1.29, 1.82) is 0 Å². The number of carbonyl (C=O) groups is 1. The molecule has 0 spiro atoms. The highest BCUT2D eigenvalue weighted by Crippen LogP contribution is 2.36. The minimum atomic E-state index is -0.890. The van der Waals surface area contributed by atoms with E-state index in [1.807, 2.05) is 13.0 Å². The lowest BCUT2D eigenvalue weighted by Crippen LogP contribution is -2.40. The van der Waals surface area contributed by atoms with Gasteiger partial charge in [0, 0.05) is 31.9 Å². The third-order valence-electron chi connectivity index (χ3n) is 4.99. The molecule has 1 aliphatic rings. The molecule has 1 N–H and O–H groups in total. The van der Waals surface area contributed by atoms with Crippen LogP contribution in [0.15, 0.2) is 18.2 Å². The largest absolute Gasteiger partial charge is 0.481 e. The third-order valence-corrected chi connectivity index (χ3v) is 4.99. The smallest absolute Gasteiger partial charge is 0.303 e. The molecular formula is C19H28N2O5. The highest BCUT2D eigenvalue weighted by Gasteiger charge is 2.28. The number of hydrogen-bond donors (Lipinski definition) is 1. The summed E-state index contributed by atoms with van der Waals surface area (Å²) in [5.41, 5.74) is 1.40. The quantitative estimate of drug-likeness (QED) is 0.527. The van der Waals surface area contributed by atoms with Crippen LogP contribution in [0.2, 0.25) is 0 Å². The minimum Gasteiger partial charge on any atom is -0.481 e. The Labute approximate surface area is 154 Å². The molecule has 0 bridgehead atoms. The molecule has 1 aliphatic heterocycles. The Hall–Kier alpha value is -2.15. The summed E-state index contributed by atoms with van der Waals surface area (Å²) in [6.45, 7) is 6.06. The summed E-state index contributed by atoms with van der Waals surface area (Å²) in [4.78, 5) is 24.6. The van der Waals surface area contributed by atoms with Gasteiger partial charge in [0.2, 0.25) is 0 Å². The molecule has 1 saturated heterocycles. The van der Waals surface area contributed by atoms with Gasteiger partial charge in [0.25, 0.3) is 5.69 Å². The number of nitro benzene ring substituents is 1. The molecule has 0 saturated carbocycles. The van der Waals surface area contributed by atoms with Gasteiger partial charge in [-0.15, -0.1) is 0 Å². The van der Waals surface area contributed by atoms with Crippen molar-refractivity contribution in [1.82, 2.24) is 0 Å². The van der Waals surface area contributed by atoms with Gasteiger partial charge >= 0.3 is 5.97 Å². The topological polar surface area (TPSA) is 92.9 Å². The van der Waals surface area contributed by atoms with Crippen LogP contribution < -0.4 is 4.90 Å². The first-order valence-corrected chi connectivity index (χ1v) is 9.32. The molecule has 7 heteroatoms. The predicted octanol–water partition coefficient (Wildman–Crippen LogP) is 3.96. The molecule has 0 aliphatic carbocycles. The summed E-state index contributed by atoms with van der Waals surface area (Å²) in [5, 5.41) is 20.8. The summed E-state index contributed by atoms with van der Waals surface area (Å²) < 4.78 is 5.43. The number of benzene rings is 1. The number of anilines is 1. The second-order valence-electron chi connectivity index (χ2n) is 6.75. The molecular weight excluding hydrogens is 336 g/mol. The molecule has 144 valence electrons. The second kappa shape index (κ2) is 9.52. The van der Waals surface area contributed by atoms with Crippen molar-refractivity contribution >= 4 is 17.3 Å². The SMILES string of the molecule is CCCN(c1ccc([C@@H](CC)CC(=O)O)cc1[N+](=O)[O-])C1CCOCC1. The van der Waals surface area contributed by atoms with Crippen LogP contribution in [0.4, 0.5) is 11.4 Å². The molecule has 0 amide bonds. The maximum atomic E-state index is 11.7. The predicted molar refractivity (Wildman–Crippen MR) is 99.9 cm³/mol. The number of hydrogen-bond acceptors (Lipinski definition) is 5. The van der Waals surface area contributed by atoms with E-state index in [4.69, 9.17) is 9.84 Å². The van der Waals surface area contributed by atoms with E-state index in [1.165, 1.54) is 0 Å². The number of carboxylic acids is 1. The van der Waals surface area contributed by atoms with E-state index in [-0.39, 0.29) is 29.0 Å². The monoisotopic (exact) mass is 364 g/mol. The van der Waals surface area contributed by atoms with Gasteiger partial charge in [-0.3, -0.25) is 14.9 Å². The average Bonchev–Trinajstić information content (AvgIpc) is 2.64. The molecule has 2 rings (SSSR count). The van der Waals surface area contributed by atoms with E-state index in [9.17, 15) is 14.9 Å². The van der Waals surface area contributed by atoms with E-state index < -0.39 is 5.97 Å². The van der Waals surface area contributed by atoms with Crippen molar-refractivity contribution in [2.24, 2.45) is 0 Å². The number of ether oxygens (including phenoxy) is 1. The molecule has 1 atom stereocenters. The highest BCUT2D eigenvalue weighted by molar-refractivity contribution is 5.69. The first-order chi connectivity index (χ1) is 12.5. The molecule has 0 radical (unpaired) electrons. The van der Waals surface area contributed by atoms with E-state index in [1.54, 1.807) is 12.1 Å². The standard InChI is InChI=1S/C19H28N2O5/c1-3-9-20(16-7-10-26-11-8-16)17-6-5-15(12-18(17)21(24)25)14(4-2)13-19(22)23/h5-6,12,14,16H,3-4,7-11,13H2,1-2H3,(H,22,23)/t14-/m0/s1. The van der Waals surface area contributed by atoms with Gasteiger partial charge in [-0.1, -0.05) is 19.9 Å². The zero-order valence-electron chi connectivity index (χ0n) is 15.5. The number of rotatable bonds is 9. The van der Waals surface area contributed by atoms with Crippen LogP contribution in [0.1, 0.15) is 57.4 Å². The van der Waals surface area contributed by atoms with Crippen LogP contribution in [-0.4, -0.2) is 41.8 Å².